The molecule has 0 radical (unpaired) electrons. The summed E-state index contributed by atoms with van der Waals surface area (Å²) in [6.45, 7) is 4.38. The Morgan fingerprint density at radius 2 is 1.59 bits per heavy atom. The van der Waals surface area contributed by atoms with Gasteiger partial charge in [-0.05, 0) is 32.1 Å². The molecule has 1 aliphatic heterocycles. The Balaban J connectivity index is 1.98. The zero-order chi connectivity index (χ0) is 16.0. The number of amides is 2. The molecule has 1 heterocycles. The summed E-state index contributed by atoms with van der Waals surface area (Å²) in [4.78, 5) is 25.4. The molecule has 1 aliphatic rings. The lowest BCUT2D eigenvalue weighted by molar-refractivity contribution is -0.144. The predicted octanol–water partition coefficient (Wildman–Crippen LogP) is 5.00. The van der Waals surface area contributed by atoms with E-state index < -0.39 is 0 Å². The third-order valence-corrected chi connectivity index (χ3v) is 4.42. The fraction of sp³-hybridized carbons (Fsp3) is 0.789. The molecule has 0 spiro atoms. The Kier molecular flexibility index (Phi) is 10.7. The summed E-state index contributed by atoms with van der Waals surface area (Å²) >= 11 is 0. The smallest absolute Gasteiger partial charge is 0.229 e. The van der Waals surface area contributed by atoms with Crippen LogP contribution in [-0.4, -0.2) is 23.3 Å². The van der Waals surface area contributed by atoms with Crippen LogP contribution >= 0.6 is 0 Å². The van der Waals surface area contributed by atoms with Gasteiger partial charge < -0.3 is 0 Å². The van der Waals surface area contributed by atoms with Crippen molar-refractivity contribution in [3.05, 3.63) is 12.7 Å². The Morgan fingerprint density at radius 3 is 2.27 bits per heavy atom. The SMILES string of the molecule is C=CCCCCCCCCCCC(=O)N1CCCCCC1=O. The number of carbonyl (C=O) groups is 2. The minimum Gasteiger partial charge on any atom is -0.283 e. The van der Waals surface area contributed by atoms with Crippen LogP contribution in [0, 0.1) is 0 Å². The minimum atomic E-state index is 0.0435. The highest BCUT2D eigenvalue weighted by molar-refractivity contribution is 5.95. The van der Waals surface area contributed by atoms with Crippen molar-refractivity contribution in [3.63, 3.8) is 0 Å². The van der Waals surface area contributed by atoms with Crippen molar-refractivity contribution in [2.75, 3.05) is 6.54 Å². The van der Waals surface area contributed by atoms with Crippen LogP contribution in [0.4, 0.5) is 0 Å². The lowest BCUT2D eigenvalue weighted by Gasteiger charge is -2.18. The normalized spacial score (nSPS) is 15.6. The number of hydrogen-bond donors (Lipinski definition) is 0. The standard InChI is InChI=1S/C19H33NO2/c1-2-3-4-5-6-7-8-9-10-12-15-18(21)20-17-14-11-13-16-19(20)22/h2H,1,3-17H2. The van der Waals surface area contributed by atoms with Crippen molar-refractivity contribution >= 4 is 11.8 Å². The number of rotatable bonds is 11. The van der Waals surface area contributed by atoms with Crippen LogP contribution in [0.15, 0.2) is 12.7 Å². The summed E-state index contributed by atoms with van der Waals surface area (Å²) in [5, 5.41) is 0. The number of nitrogens with zero attached hydrogens (tertiary/aromatic N) is 1. The minimum absolute atomic E-state index is 0.0435. The van der Waals surface area contributed by atoms with Gasteiger partial charge in [-0.2, -0.15) is 0 Å². The maximum atomic E-state index is 12.1. The van der Waals surface area contributed by atoms with Gasteiger partial charge >= 0.3 is 0 Å². The van der Waals surface area contributed by atoms with Crippen molar-refractivity contribution in [2.24, 2.45) is 0 Å². The first-order chi connectivity index (χ1) is 10.8. The highest BCUT2D eigenvalue weighted by Crippen LogP contribution is 2.15. The fourth-order valence-electron chi connectivity index (χ4n) is 3.01. The number of unbranched alkanes of at least 4 members (excludes halogenated alkanes) is 8. The van der Waals surface area contributed by atoms with Crippen LogP contribution in [0.5, 0.6) is 0 Å². The predicted molar refractivity (Wildman–Crippen MR) is 91.6 cm³/mol. The molecule has 0 N–H and O–H groups in total. The van der Waals surface area contributed by atoms with Crippen LogP contribution in [0.3, 0.4) is 0 Å². The molecule has 0 bridgehead atoms. The molecule has 2 amide bonds. The first kappa shape index (κ1) is 18.9. The summed E-state index contributed by atoms with van der Waals surface area (Å²) in [6.07, 6.45) is 16.9. The second kappa shape index (κ2) is 12.4. The first-order valence-corrected chi connectivity index (χ1v) is 9.20. The van der Waals surface area contributed by atoms with Gasteiger partial charge in [-0.1, -0.05) is 51.0 Å². The Morgan fingerprint density at radius 1 is 0.955 bits per heavy atom. The van der Waals surface area contributed by atoms with Crippen molar-refractivity contribution < 1.29 is 9.59 Å². The second-order valence-corrected chi connectivity index (χ2v) is 6.41. The number of allylic oxidation sites excluding steroid dienone is 1. The number of likely N-dealkylation sites (tertiary alicyclic amines) is 1. The number of carbonyl (C=O) groups excluding carboxylic acids is 2. The summed E-state index contributed by atoms with van der Waals surface area (Å²) in [6, 6.07) is 0. The third kappa shape index (κ3) is 8.35. The van der Waals surface area contributed by atoms with Gasteiger partial charge in [0.05, 0.1) is 0 Å². The summed E-state index contributed by atoms with van der Waals surface area (Å²) in [7, 11) is 0. The first-order valence-electron chi connectivity index (χ1n) is 9.20. The molecule has 0 aromatic carbocycles. The molecular weight excluding hydrogens is 274 g/mol. The highest BCUT2D eigenvalue weighted by atomic mass is 16.2. The Hall–Kier alpha value is -1.12. The lowest BCUT2D eigenvalue weighted by Crippen LogP contribution is -2.36. The van der Waals surface area contributed by atoms with Crippen LogP contribution in [0.25, 0.3) is 0 Å². The quantitative estimate of drug-likeness (QED) is 0.398. The van der Waals surface area contributed by atoms with E-state index >= 15 is 0 Å². The van der Waals surface area contributed by atoms with Crippen molar-refractivity contribution in [1.82, 2.24) is 4.90 Å². The van der Waals surface area contributed by atoms with Crippen LogP contribution in [0.2, 0.25) is 0 Å². The largest absolute Gasteiger partial charge is 0.283 e. The average Bonchev–Trinajstić information content (AvgIpc) is 2.73. The van der Waals surface area contributed by atoms with Gasteiger partial charge in [0, 0.05) is 19.4 Å². The number of hydrogen-bond acceptors (Lipinski definition) is 2. The molecule has 0 aromatic rings. The van der Waals surface area contributed by atoms with Gasteiger partial charge in [-0.3, -0.25) is 14.5 Å². The van der Waals surface area contributed by atoms with E-state index in [-0.39, 0.29) is 11.8 Å². The van der Waals surface area contributed by atoms with E-state index in [2.05, 4.69) is 6.58 Å². The third-order valence-electron chi connectivity index (χ3n) is 4.42. The van der Waals surface area contributed by atoms with Crippen LogP contribution in [0.1, 0.15) is 89.9 Å². The van der Waals surface area contributed by atoms with Gasteiger partial charge in [0.2, 0.25) is 11.8 Å². The lowest BCUT2D eigenvalue weighted by atomic mass is 10.1. The van der Waals surface area contributed by atoms with E-state index in [0.29, 0.717) is 19.4 Å². The molecule has 1 fully saturated rings. The van der Waals surface area contributed by atoms with Gasteiger partial charge in [0.15, 0.2) is 0 Å². The van der Waals surface area contributed by atoms with Crippen molar-refractivity contribution in [1.29, 1.82) is 0 Å². The van der Waals surface area contributed by atoms with Crippen LogP contribution < -0.4 is 0 Å². The molecule has 3 heteroatoms. The number of imide groups is 1. The zero-order valence-corrected chi connectivity index (χ0v) is 14.2. The Bertz CT molecular complexity index is 338. The van der Waals surface area contributed by atoms with E-state index in [1.165, 1.54) is 43.4 Å². The van der Waals surface area contributed by atoms with Crippen LogP contribution in [-0.2, 0) is 9.59 Å². The molecule has 3 nitrogen and oxygen atoms in total. The van der Waals surface area contributed by atoms with Gasteiger partial charge in [0.1, 0.15) is 0 Å². The van der Waals surface area contributed by atoms with E-state index in [1.807, 2.05) is 6.08 Å². The molecule has 0 atom stereocenters. The van der Waals surface area contributed by atoms with E-state index in [9.17, 15) is 9.59 Å². The molecule has 0 aromatic heterocycles. The van der Waals surface area contributed by atoms with Crippen molar-refractivity contribution in [3.8, 4) is 0 Å². The summed E-state index contributed by atoms with van der Waals surface area (Å²) in [5.41, 5.74) is 0. The monoisotopic (exact) mass is 307 g/mol. The molecule has 126 valence electrons. The second-order valence-electron chi connectivity index (χ2n) is 6.41. The maximum absolute atomic E-state index is 12.1. The van der Waals surface area contributed by atoms with E-state index in [0.717, 1.165) is 38.5 Å². The topological polar surface area (TPSA) is 37.4 Å². The fourth-order valence-corrected chi connectivity index (χ4v) is 3.01. The summed E-state index contributed by atoms with van der Waals surface area (Å²) < 4.78 is 0. The molecular formula is C19H33NO2. The summed E-state index contributed by atoms with van der Waals surface area (Å²) in [5.74, 6) is 0.0957. The molecule has 0 unspecified atom stereocenters. The van der Waals surface area contributed by atoms with Gasteiger partial charge in [0.25, 0.3) is 0 Å². The highest BCUT2D eigenvalue weighted by Gasteiger charge is 2.22. The molecule has 0 aliphatic carbocycles. The Labute approximate surface area is 136 Å². The molecule has 1 saturated heterocycles. The van der Waals surface area contributed by atoms with Crippen molar-refractivity contribution in [2.45, 2.75) is 89.9 Å². The average molecular weight is 307 g/mol. The molecule has 22 heavy (non-hydrogen) atoms. The maximum Gasteiger partial charge on any atom is 0.229 e. The molecule has 1 rings (SSSR count). The van der Waals surface area contributed by atoms with Gasteiger partial charge in [-0.25, -0.2) is 0 Å². The zero-order valence-electron chi connectivity index (χ0n) is 14.2. The molecule has 0 saturated carbocycles. The van der Waals surface area contributed by atoms with E-state index in [4.69, 9.17) is 0 Å². The van der Waals surface area contributed by atoms with Gasteiger partial charge in [-0.15, -0.1) is 6.58 Å². The van der Waals surface area contributed by atoms with E-state index in [1.54, 1.807) is 0 Å².